The fourth-order valence-electron chi connectivity index (χ4n) is 2.23. The number of halogens is 2. The van der Waals surface area contributed by atoms with Gasteiger partial charge in [0, 0.05) is 21.5 Å². The lowest BCUT2D eigenvalue weighted by molar-refractivity contribution is -0.121. The van der Waals surface area contributed by atoms with E-state index in [0.717, 1.165) is 21.3 Å². The Bertz CT molecular complexity index is 796. The zero-order valence-corrected chi connectivity index (χ0v) is 16.9. The number of benzene rings is 2. The number of hydrazone groups is 1. The summed E-state index contributed by atoms with van der Waals surface area (Å²) in [6.45, 7) is 2.37. The Hall–Kier alpha value is -2.05. The van der Waals surface area contributed by atoms with E-state index in [9.17, 15) is 4.79 Å². The van der Waals surface area contributed by atoms with Crippen LogP contribution in [0.2, 0.25) is 5.02 Å². The van der Waals surface area contributed by atoms with Gasteiger partial charge < -0.3 is 9.47 Å². The van der Waals surface area contributed by atoms with Crippen LogP contribution in [0, 0.1) is 6.92 Å². The van der Waals surface area contributed by atoms with Gasteiger partial charge in [-0.05, 0) is 55.3 Å². The highest BCUT2D eigenvalue weighted by atomic mass is 79.9. The van der Waals surface area contributed by atoms with E-state index in [1.807, 2.05) is 37.3 Å². The van der Waals surface area contributed by atoms with E-state index in [1.54, 1.807) is 19.4 Å². The number of carbonyl (C=O) groups is 1. The lowest BCUT2D eigenvalue weighted by Gasteiger charge is -2.09. The van der Waals surface area contributed by atoms with E-state index in [0.29, 0.717) is 30.2 Å². The van der Waals surface area contributed by atoms with Crippen molar-refractivity contribution in [2.75, 3.05) is 13.7 Å². The predicted octanol–water partition coefficient (Wildman–Crippen LogP) is 4.73. The molecule has 1 N–H and O–H groups in total. The molecule has 0 spiro atoms. The summed E-state index contributed by atoms with van der Waals surface area (Å²) in [4.78, 5) is 11.8. The van der Waals surface area contributed by atoms with Crippen LogP contribution in [0.15, 0.2) is 46.0 Å². The zero-order valence-electron chi connectivity index (χ0n) is 14.6. The van der Waals surface area contributed by atoms with Gasteiger partial charge in [-0.3, -0.25) is 4.79 Å². The molecule has 0 unspecified atom stereocenters. The number of ether oxygens (including phenoxy) is 2. The Morgan fingerprint density at radius 1 is 1.27 bits per heavy atom. The number of carbonyl (C=O) groups excluding carboxylic acids is 1. The molecule has 0 aliphatic rings. The van der Waals surface area contributed by atoms with Gasteiger partial charge in [-0.25, -0.2) is 5.43 Å². The third kappa shape index (κ3) is 6.35. The maximum absolute atomic E-state index is 11.8. The van der Waals surface area contributed by atoms with Crippen molar-refractivity contribution in [3.63, 3.8) is 0 Å². The Balaban J connectivity index is 1.74. The molecule has 7 heteroatoms. The monoisotopic (exact) mass is 438 g/mol. The smallest absolute Gasteiger partial charge is 0.240 e. The molecule has 138 valence electrons. The van der Waals surface area contributed by atoms with Gasteiger partial charge in [-0.2, -0.15) is 5.10 Å². The first-order valence-electron chi connectivity index (χ1n) is 8.04. The van der Waals surface area contributed by atoms with Crippen molar-refractivity contribution >= 4 is 39.7 Å². The number of nitrogens with one attached hydrogen (secondary N) is 1. The van der Waals surface area contributed by atoms with Crippen LogP contribution in [-0.2, 0) is 4.79 Å². The summed E-state index contributed by atoms with van der Waals surface area (Å²) in [5.41, 5.74) is 4.24. The van der Waals surface area contributed by atoms with Crippen LogP contribution in [0.1, 0.15) is 24.0 Å². The molecular weight excluding hydrogens is 420 g/mol. The minimum Gasteiger partial charge on any atom is -0.496 e. The van der Waals surface area contributed by atoms with Crippen molar-refractivity contribution in [3.8, 4) is 11.5 Å². The Labute approximate surface area is 166 Å². The SMILES string of the molecule is COc1ccc(Br)cc1C=NNC(=O)CCCOc1ccc(Cl)cc1C. The van der Waals surface area contributed by atoms with Gasteiger partial charge in [-0.1, -0.05) is 27.5 Å². The van der Waals surface area contributed by atoms with Crippen LogP contribution in [0.5, 0.6) is 11.5 Å². The van der Waals surface area contributed by atoms with E-state index in [4.69, 9.17) is 21.1 Å². The summed E-state index contributed by atoms with van der Waals surface area (Å²) in [6.07, 6.45) is 2.46. The van der Waals surface area contributed by atoms with E-state index in [-0.39, 0.29) is 5.91 Å². The number of nitrogens with zero attached hydrogens (tertiary/aromatic N) is 1. The molecule has 0 aliphatic heterocycles. The molecule has 0 aliphatic carbocycles. The summed E-state index contributed by atoms with van der Waals surface area (Å²) in [5.74, 6) is 1.28. The summed E-state index contributed by atoms with van der Waals surface area (Å²) >= 11 is 9.30. The number of methoxy groups -OCH3 is 1. The zero-order chi connectivity index (χ0) is 18.9. The van der Waals surface area contributed by atoms with Gasteiger partial charge in [0.25, 0.3) is 0 Å². The van der Waals surface area contributed by atoms with Crippen molar-refractivity contribution < 1.29 is 14.3 Å². The molecule has 0 atom stereocenters. The molecule has 0 saturated heterocycles. The van der Waals surface area contributed by atoms with Crippen LogP contribution in [-0.4, -0.2) is 25.8 Å². The fourth-order valence-corrected chi connectivity index (χ4v) is 2.83. The maximum atomic E-state index is 11.8. The summed E-state index contributed by atoms with van der Waals surface area (Å²) in [5, 5.41) is 4.65. The average molecular weight is 440 g/mol. The van der Waals surface area contributed by atoms with Gasteiger partial charge in [-0.15, -0.1) is 0 Å². The van der Waals surface area contributed by atoms with E-state index in [1.165, 1.54) is 0 Å². The predicted molar refractivity (Wildman–Crippen MR) is 107 cm³/mol. The van der Waals surface area contributed by atoms with Crippen LogP contribution in [0.3, 0.4) is 0 Å². The van der Waals surface area contributed by atoms with Gasteiger partial charge in [0.1, 0.15) is 11.5 Å². The first-order chi connectivity index (χ1) is 12.5. The molecule has 5 nitrogen and oxygen atoms in total. The second-order valence-electron chi connectivity index (χ2n) is 5.54. The van der Waals surface area contributed by atoms with Crippen molar-refractivity contribution in [3.05, 3.63) is 57.0 Å². The van der Waals surface area contributed by atoms with Gasteiger partial charge >= 0.3 is 0 Å². The highest BCUT2D eigenvalue weighted by Crippen LogP contribution is 2.22. The topological polar surface area (TPSA) is 59.9 Å². The van der Waals surface area contributed by atoms with Crippen molar-refractivity contribution in [2.45, 2.75) is 19.8 Å². The largest absolute Gasteiger partial charge is 0.496 e. The Kier molecular flexibility index (Phi) is 7.94. The molecule has 0 fully saturated rings. The average Bonchev–Trinajstić information content (AvgIpc) is 2.60. The van der Waals surface area contributed by atoms with Gasteiger partial charge in [0.05, 0.1) is 19.9 Å². The lowest BCUT2D eigenvalue weighted by Crippen LogP contribution is -2.18. The minimum absolute atomic E-state index is 0.174. The molecular formula is C19H20BrClN2O3. The Morgan fingerprint density at radius 3 is 2.77 bits per heavy atom. The molecule has 2 aromatic carbocycles. The molecule has 26 heavy (non-hydrogen) atoms. The number of hydrogen-bond acceptors (Lipinski definition) is 4. The second-order valence-corrected chi connectivity index (χ2v) is 6.89. The quantitative estimate of drug-likeness (QED) is 0.367. The van der Waals surface area contributed by atoms with E-state index >= 15 is 0 Å². The van der Waals surface area contributed by atoms with Crippen molar-refractivity contribution in [1.29, 1.82) is 0 Å². The highest BCUT2D eigenvalue weighted by Gasteiger charge is 2.04. The molecule has 2 aromatic rings. The molecule has 2 rings (SSSR count). The maximum Gasteiger partial charge on any atom is 0.240 e. The number of rotatable bonds is 8. The number of amides is 1. The third-order valence-electron chi connectivity index (χ3n) is 3.53. The minimum atomic E-state index is -0.174. The number of aryl methyl sites for hydroxylation is 1. The summed E-state index contributed by atoms with van der Waals surface area (Å²) in [6, 6.07) is 11.0. The molecule has 0 saturated carbocycles. The van der Waals surface area contributed by atoms with Crippen LogP contribution >= 0.6 is 27.5 Å². The van der Waals surface area contributed by atoms with Crippen molar-refractivity contribution in [1.82, 2.24) is 5.43 Å². The van der Waals surface area contributed by atoms with E-state index in [2.05, 4.69) is 26.5 Å². The first-order valence-corrected chi connectivity index (χ1v) is 9.21. The summed E-state index contributed by atoms with van der Waals surface area (Å²) in [7, 11) is 1.58. The molecule has 1 amide bonds. The Morgan fingerprint density at radius 2 is 2.04 bits per heavy atom. The normalized spacial score (nSPS) is 10.8. The number of hydrogen-bond donors (Lipinski definition) is 1. The van der Waals surface area contributed by atoms with E-state index < -0.39 is 0 Å². The van der Waals surface area contributed by atoms with Crippen molar-refractivity contribution in [2.24, 2.45) is 5.10 Å². The molecule has 0 aromatic heterocycles. The molecule has 0 radical (unpaired) electrons. The van der Waals surface area contributed by atoms with Gasteiger partial charge in [0.15, 0.2) is 0 Å². The van der Waals surface area contributed by atoms with Crippen LogP contribution in [0.4, 0.5) is 0 Å². The lowest BCUT2D eigenvalue weighted by atomic mass is 10.2. The second kappa shape index (κ2) is 10.2. The highest BCUT2D eigenvalue weighted by molar-refractivity contribution is 9.10. The van der Waals surface area contributed by atoms with Gasteiger partial charge in [0.2, 0.25) is 5.91 Å². The van der Waals surface area contributed by atoms with Crippen LogP contribution in [0.25, 0.3) is 0 Å². The first kappa shape index (κ1) is 20.3. The molecule has 0 heterocycles. The summed E-state index contributed by atoms with van der Waals surface area (Å²) < 4.78 is 11.8. The standard InChI is InChI=1S/C19H20BrClN2O3/c1-13-10-16(21)6-8-17(13)26-9-3-4-19(24)23-22-12-14-11-15(20)5-7-18(14)25-2/h5-8,10-12H,3-4,9H2,1-2H3,(H,23,24). The third-order valence-corrected chi connectivity index (χ3v) is 4.26. The van der Waals surface area contributed by atoms with Crippen LogP contribution < -0.4 is 14.9 Å². The fraction of sp³-hybridized carbons (Fsp3) is 0.263. The molecule has 0 bridgehead atoms.